The van der Waals surface area contributed by atoms with Gasteiger partial charge in [0.15, 0.2) is 0 Å². The van der Waals surface area contributed by atoms with E-state index in [-0.39, 0.29) is 0 Å². The fourth-order valence-electron chi connectivity index (χ4n) is 3.77. The van der Waals surface area contributed by atoms with Crippen LogP contribution in [-0.2, 0) is 12.7 Å². The summed E-state index contributed by atoms with van der Waals surface area (Å²) in [5, 5.41) is 0.414. The molecular weight excluding hydrogens is 313 g/mol. The fourth-order valence-corrected chi connectivity index (χ4v) is 3.94. The third-order valence-corrected chi connectivity index (χ3v) is 5.28. The zero-order chi connectivity index (χ0) is 16.0. The molecule has 0 aromatic heterocycles. The quantitative estimate of drug-likeness (QED) is 0.810. The zero-order valence-corrected chi connectivity index (χ0v) is 13.3. The number of halogens is 4. The average molecular weight is 333 g/mol. The summed E-state index contributed by atoms with van der Waals surface area (Å²) in [5.74, 6) is 0. The van der Waals surface area contributed by atoms with E-state index in [2.05, 4.69) is 16.8 Å². The van der Waals surface area contributed by atoms with Gasteiger partial charge in [-0.05, 0) is 62.2 Å². The molecule has 2 nitrogen and oxygen atoms in total. The molecule has 1 aromatic carbocycles. The minimum Gasteiger partial charge on any atom is -0.306 e. The molecule has 2 aliphatic heterocycles. The number of alkyl halides is 3. The van der Waals surface area contributed by atoms with Crippen molar-refractivity contribution in [2.75, 3.05) is 33.2 Å². The molecule has 1 atom stereocenters. The summed E-state index contributed by atoms with van der Waals surface area (Å²) >= 11 is 6.10. The van der Waals surface area contributed by atoms with Crippen LogP contribution in [0.1, 0.15) is 24.0 Å². The summed E-state index contributed by atoms with van der Waals surface area (Å²) < 4.78 is 38.5. The van der Waals surface area contributed by atoms with Gasteiger partial charge in [-0.25, -0.2) is 0 Å². The molecule has 0 bridgehead atoms. The van der Waals surface area contributed by atoms with E-state index in [0.29, 0.717) is 22.5 Å². The van der Waals surface area contributed by atoms with Gasteiger partial charge in [0.1, 0.15) is 0 Å². The molecule has 0 radical (unpaired) electrons. The van der Waals surface area contributed by atoms with Crippen molar-refractivity contribution in [3.63, 3.8) is 0 Å². The van der Waals surface area contributed by atoms with E-state index in [9.17, 15) is 13.2 Å². The van der Waals surface area contributed by atoms with Crippen LogP contribution in [0.25, 0.3) is 0 Å². The lowest BCUT2D eigenvalue weighted by Crippen LogP contribution is -2.29. The first-order chi connectivity index (χ1) is 10.3. The Morgan fingerprint density at radius 3 is 2.55 bits per heavy atom. The van der Waals surface area contributed by atoms with Crippen LogP contribution in [0.5, 0.6) is 0 Å². The van der Waals surface area contributed by atoms with Crippen LogP contribution in [0.15, 0.2) is 18.2 Å². The van der Waals surface area contributed by atoms with Crippen molar-refractivity contribution in [3.05, 3.63) is 34.3 Å². The molecule has 0 N–H and O–H groups in total. The zero-order valence-electron chi connectivity index (χ0n) is 12.6. The largest absolute Gasteiger partial charge is 0.416 e. The lowest BCUT2D eigenvalue weighted by Gasteiger charge is -2.24. The monoisotopic (exact) mass is 332 g/mol. The molecule has 2 fully saturated rings. The van der Waals surface area contributed by atoms with E-state index in [4.69, 9.17) is 11.6 Å². The Kier molecular flexibility index (Phi) is 4.16. The molecule has 22 heavy (non-hydrogen) atoms. The number of hydrogen-bond acceptors (Lipinski definition) is 2. The van der Waals surface area contributed by atoms with E-state index < -0.39 is 11.7 Å². The molecule has 3 rings (SSSR count). The van der Waals surface area contributed by atoms with Gasteiger partial charge in [-0.15, -0.1) is 0 Å². The lowest BCUT2D eigenvalue weighted by molar-refractivity contribution is -0.137. The van der Waals surface area contributed by atoms with Crippen molar-refractivity contribution >= 4 is 11.6 Å². The maximum atomic E-state index is 12.8. The number of nitrogens with zero attached hydrogens (tertiary/aromatic N) is 2. The molecule has 0 amide bonds. The highest BCUT2D eigenvalue weighted by Crippen LogP contribution is 2.40. The van der Waals surface area contributed by atoms with Gasteiger partial charge in [0, 0.05) is 24.7 Å². The Bertz CT molecular complexity index is 561. The highest BCUT2D eigenvalue weighted by atomic mass is 35.5. The summed E-state index contributed by atoms with van der Waals surface area (Å²) in [7, 11) is 2.13. The SMILES string of the molecule is CN1CC[C@]2(CCN(Cc3cc(C(F)(F)F)ccc3Cl)C2)C1. The third kappa shape index (κ3) is 3.26. The summed E-state index contributed by atoms with van der Waals surface area (Å²) in [6, 6.07) is 3.59. The van der Waals surface area contributed by atoms with Gasteiger partial charge in [0.2, 0.25) is 0 Å². The maximum absolute atomic E-state index is 12.8. The standard InChI is InChI=1S/C16H20ClF3N2/c1-21-6-4-15(10-21)5-7-22(11-15)9-12-8-13(16(18,19)20)2-3-14(12)17/h2-3,8H,4-7,9-11H2,1H3/t15-/m0/s1. The van der Waals surface area contributed by atoms with Crippen LogP contribution >= 0.6 is 11.6 Å². The predicted molar refractivity (Wildman–Crippen MR) is 80.9 cm³/mol. The van der Waals surface area contributed by atoms with Crippen molar-refractivity contribution in [2.45, 2.75) is 25.6 Å². The van der Waals surface area contributed by atoms with E-state index in [1.807, 2.05) is 0 Å². The van der Waals surface area contributed by atoms with Gasteiger partial charge in [-0.2, -0.15) is 13.2 Å². The first kappa shape index (κ1) is 16.1. The minimum absolute atomic E-state index is 0.322. The molecule has 2 heterocycles. The van der Waals surface area contributed by atoms with Crippen LogP contribution in [0.2, 0.25) is 5.02 Å². The van der Waals surface area contributed by atoms with Crippen molar-refractivity contribution < 1.29 is 13.2 Å². The number of benzene rings is 1. The molecule has 0 saturated carbocycles. The van der Waals surface area contributed by atoms with Crippen molar-refractivity contribution in [3.8, 4) is 0 Å². The summed E-state index contributed by atoms with van der Waals surface area (Å²) in [4.78, 5) is 4.57. The Hall–Kier alpha value is -0.780. The summed E-state index contributed by atoms with van der Waals surface area (Å²) in [5.41, 5.74) is 0.268. The molecule has 6 heteroatoms. The maximum Gasteiger partial charge on any atom is 0.416 e. The Morgan fingerprint density at radius 1 is 1.18 bits per heavy atom. The van der Waals surface area contributed by atoms with Crippen LogP contribution in [0.4, 0.5) is 13.2 Å². The van der Waals surface area contributed by atoms with E-state index in [1.54, 1.807) is 0 Å². The van der Waals surface area contributed by atoms with Crippen molar-refractivity contribution in [2.24, 2.45) is 5.41 Å². The summed E-state index contributed by atoms with van der Waals surface area (Å²) in [6.45, 7) is 4.57. The summed E-state index contributed by atoms with van der Waals surface area (Å²) in [6.07, 6.45) is -2.02. The van der Waals surface area contributed by atoms with E-state index in [0.717, 1.165) is 38.7 Å². The normalized spacial score (nSPS) is 27.1. The van der Waals surface area contributed by atoms with Crippen LogP contribution in [0.3, 0.4) is 0 Å². The van der Waals surface area contributed by atoms with Gasteiger partial charge in [-0.1, -0.05) is 11.6 Å². The second-order valence-corrected chi connectivity index (χ2v) is 7.16. The molecule has 122 valence electrons. The van der Waals surface area contributed by atoms with Gasteiger partial charge < -0.3 is 4.90 Å². The minimum atomic E-state index is -4.32. The lowest BCUT2D eigenvalue weighted by atomic mass is 9.86. The smallest absolute Gasteiger partial charge is 0.306 e. The van der Waals surface area contributed by atoms with Gasteiger partial charge in [0.25, 0.3) is 0 Å². The van der Waals surface area contributed by atoms with Gasteiger partial charge >= 0.3 is 6.18 Å². The van der Waals surface area contributed by atoms with Crippen molar-refractivity contribution in [1.82, 2.24) is 9.80 Å². The Morgan fingerprint density at radius 2 is 1.91 bits per heavy atom. The van der Waals surface area contributed by atoms with Gasteiger partial charge in [-0.3, -0.25) is 4.90 Å². The second-order valence-electron chi connectivity index (χ2n) is 6.75. The number of hydrogen-bond donors (Lipinski definition) is 0. The average Bonchev–Trinajstić information content (AvgIpc) is 2.98. The molecule has 2 saturated heterocycles. The van der Waals surface area contributed by atoms with Crippen LogP contribution in [-0.4, -0.2) is 43.0 Å². The molecule has 2 aliphatic rings. The predicted octanol–water partition coefficient (Wildman–Crippen LogP) is 3.89. The van der Waals surface area contributed by atoms with E-state index >= 15 is 0 Å². The second kappa shape index (κ2) is 5.69. The number of rotatable bonds is 2. The topological polar surface area (TPSA) is 6.48 Å². The van der Waals surface area contributed by atoms with Gasteiger partial charge in [0.05, 0.1) is 5.56 Å². The highest BCUT2D eigenvalue weighted by molar-refractivity contribution is 6.31. The van der Waals surface area contributed by atoms with Crippen molar-refractivity contribution in [1.29, 1.82) is 0 Å². The Labute approximate surface area is 133 Å². The molecule has 1 spiro atoms. The first-order valence-electron chi connectivity index (χ1n) is 7.54. The first-order valence-corrected chi connectivity index (χ1v) is 7.92. The third-order valence-electron chi connectivity index (χ3n) is 4.91. The van der Waals surface area contributed by atoms with Crippen LogP contribution < -0.4 is 0 Å². The van der Waals surface area contributed by atoms with E-state index in [1.165, 1.54) is 18.6 Å². The molecular formula is C16H20ClF3N2. The Balaban J connectivity index is 1.72. The van der Waals surface area contributed by atoms with Crippen LogP contribution in [0, 0.1) is 5.41 Å². The molecule has 0 aliphatic carbocycles. The highest BCUT2D eigenvalue weighted by Gasteiger charge is 2.42. The number of likely N-dealkylation sites (tertiary alicyclic amines) is 2. The fraction of sp³-hybridized carbons (Fsp3) is 0.625. The molecule has 1 aromatic rings. The molecule has 0 unspecified atom stereocenters.